The van der Waals surface area contributed by atoms with Crippen LogP contribution in [-0.4, -0.2) is 34.3 Å². The summed E-state index contributed by atoms with van der Waals surface area (Å²) in [7, 11) is 6.15. The van der Waals surface area contributed by atoms with Crippen LogP contribution in [0.3, 0.4) is 0 Å². The first-order valence-electron chi connectivity index (χ1n) is 7.42. The molecule has 0 radical (unpaired) electrons. The van der Waals surface area contributed by atoms with Crippen molar-refractivity contribution in [3.63, 3.8) is 0 Å². The maximum Gasteiger partial charge on any atom is 0.255 e. The molecule has 2 aromatic carbocycles. The first-order valence-corrected chi connectivity index (χ1v) is 7.80. The molecule has 6 nitrogen and oxygen atoms in total. The summed E-state index contributed by atoms with van der Waals surface area (Å²) in [6.07, 6.45) is 0. The molecule has 134 valence electrons. The number of ether oxygens (including phenoxy) is 4. The third-order valence-corrected chi connectivity index (χ3v) is 3.86. The van der Waals surface area contributed by atoms with Gasteiger partial charge in [0.2, 0.25) is 0 Å². The van der Waals surface area contributed by atoms with E-state index in [9.17, 15) is 4.79 Å². The smallest absolute Gasteiger partial charge is 0.255 e. The minimum Gasteiger partial charge on any atom is -0.496 e. The van der Waals surface area contributed by atoms with Gasteiger partial charge in [-0.3, -0.25) is 4.79 Å². The van der Waals surface area contributed by atoms with E-state index in [1.165, 1.54) is 14.2 Å². The minimum atomic E-state index is -0.303. The largest absolute Gasteiger partial charge is 0.496 e. The molecule has 1 N–H and O–H groups in total. The summed E-state index contributed by atoms with van der Waals surface area (Å²) in [6.45, 7) is 0.336. The van der Waals surface area contributed by atoms with Gasteiger partial charge in [-0.25, -0.2) is 0 Å². The first kappa shape index (κ1) is 18.9. The van der Waals surface area contributed by atoms with Crippen LogP contribution >= 0.6 is 11.6 Å². The Morgan fingerprint density at radius 2 is 1.64 bits per heavy atom. The summed E-state index contributed by atoms with van der Waals surface area (Å²) >= 11 is 6.08. The van der Waals surface area contributed by atoms with Gasteiger partial charge in [0, 0.05) is 30.4 Å². The van der Waals surface area contributed by atoms with Gasteiger partial charge in [0.15, 0.2) is 0 Å². The van der Waals surface area contributed by atoms with Gasteiger partial charge in [-0.1, -0.05) is 11.6 Å². The van der Waals surface area contributed by atoms with E-state index in [2.05, 4.69) is 5.32 Å². The predicted molar refractivity (Wildman–Crippen MR) is 96.2 cm³/mol. The van der Waals surface area contributed by atoms with Crippen LogP contribution < -0.4 is 19.5 Å². The minimum absolute atomic E-state index is 0.303. The molecule has 2 rings (SSSR count). The van der Waals surface area contributed by atoms with Crippen LogP contribution in [0.5, 0.6) is 17.2 Å². The van der Waals surface area contributed by atoms with Gasteiger partial charge in [-0.05, 0) is 18.2 Å². The van der Waals surface area contributed by atoms with E-state index in [0.29, 0.717) is 40.1 Å². The molecular weight excluding hydrogens is 346 g/mol. The third kappa shape index (κ3) is 4.35. The van der Waals surface area contributed by atoms with E-state index in [4.69, 9.17) is 30.5 Å². The molecule has 7 heteroatoms. The topological polar surface area (TPSA) is 66.0 Å². The molecule has 0 unspecified atom stereocenters. The number of nitrogens with one attached hydrogen (secondary N) is 1. The zero-order valence-corrected chi connectivity index (χ0v) is 15.3. The van der Waals surface area contributed by atoms with Crippen LogP contribution in [0, 0.1) is 0 Å². The fourth-order valence-corrected chi connectivity index (χ4v) is 2.57. The second-order valence-corrected chi connectivity index (χ2v) is 5.51. The normalized spacial score (nSPS) is 10.3. The Morgan fingerprint density at radius 3 is 2.24 bits per heavy atom. The summed E-state index contributed by atoms with van der Waals surface area (Å²) in [5.74, 6) is 1.23. The zero-order valence-electron chi connectivity index (χ0n) is 14.5. The van der Waals surface area contributed by atoms with Crippen LogP contribution in [0.15, 0.2) is 30.3 Å². The number of hydrogen-bond donors (Lipinski definition) is 1. The zero-order chi connectivity index (χ0) is 18.4. The first-order chi connectivity index (χ1) is 12.0. The lowest BCUT2D eigenvalue weighted by atomic mass is 10.1. The molecule has 0 saturated carbocycles. The van der Waals surface area contributed by atoms with E-state index in [1.807, 2.05) is 0 Å². The van der Waals surface area contributed by atoms with E-state index in [-0.39, 0.29) is 5.91 Å². The van der Waals surface area contributed by atoms with Crippen molar-refractivity contribution >= 4 is 23.2 Å². The number of anilines is 1. The van der Waals surface area contributed by atoms with Crippen molar-refractivity contribution in [3.05, 3.63) is 46.5 Å². The SMILES string of the molecule is COCc1cc(C(=O)Nc2cc(OC)c(Cl)cc2OC)ccc1OC. The quantitative estimate of drug-likeness (QED) is 0.809. The molecule has 0 aliphatic carbocycles. The Kier molecular flexibility index (Phi) is 6.50. The Hall–Kier alpha value is -2.44. The van der Waals surface area contributed by atoms with E-state index < -0.39 is 0 Å². The van der Waals surface area contributed by atoms with Gasteiger partial charge in [0.05, 0.1) is 38.6 Å². The third-order valence-electron chi connectivity index (χ3n) is 3.56. The molecule has 25 heavy (non-hydrogen) atoms. The summed E-state index contributed by atoms with van der Waals surface area (Å²) in [5, 5.41) is 3.20. The molecule has 0 bridgehead atoms. The lowest BCUT2D eigenvalue weighted by Crippen LogP contribution is -2.13. The molecule has 2 aromatic rings. The van der Waals surface area contributed by atoms with Gasteiger partial charge in [-0.2, -0.15) is 0 Å². The molecule has 0 aliphatic heterocycles. The lowest BCUT2D eigenvalue weighted by Gasteiger charge is -2.14. The molecule has 0 fully saturated rings. The van der Waals surface area contributed by atoms with Crippen molar-refractivity contribution < 1.29 is 23.7 Å². The second-order valence-electron chi connectivity index (χ2n) is 5.10. The maximum absolute atomic E-state index is 12.6. The maximum atomic E-state index is 12.6. The molecule has 0 heterocycles. The van der Waals surface area contributed by atoms with Crippen molar-refractivity contribution in [2.45, 2.75) is 6.61 Å². The standard InChI is InChI=1S/C18H20ClNO5/c1-22-10-12-7-11(5-6-15(12)23-2)18(21)20-14-9-16(24-3)13(19)8-17(14)25-4/h5-9H,10H2,1-4H3,(H,20,21). The Morgan fingerprint density at radius 1 is 0.960 bits per heavy atom. The predicted octanol–water partition coefficient (Wildman–Crippen LogP) is 3.76. The summed E-state index contributed by atoms with van der Waals surface area (Å²) < 4.78 is 20.9. The number of halogens is 1. The number of carbonyl (C=O) groups is 1. The van der Waals surface area contributed by atoms with Crippen molar-refractivity contribution in [3.8, 4) is 17.2 Å². The van der Waals surface area contributed by atoms with Crippen molar-refractivity contribution in [1.82, 2.24) is 0 Å². The molecular formula is C18H20ClNO5. The van der Waals surface area contributed by atoms with Gasteiger partial charge < -0.3 is 24.3 Å². The molecule has 0 atom stereocenters. The Balaban J connectivity index is 2.32. The van der Waals surface area contributed by atoms with Crippen LogP contribution in [0.2, 0.25) is 5.02 Å². The molecule has 0 aliphatic rings. The van der Waals surface area contributed by atoms with Crippen LogP contribution in [-0.2, 0) is 11.3 Å². The average molecular weight is 366 g/mol. The lowest BCUT2D eigenvalue weighted by molar-refractivity contribution is 0.102. The summed E-state index contributed by atoms with van der Waals surface area (Å²) in [4.78, 5) is 12.6. The second kappa shape index (κ2) is 8.60. The van der Waals surface area contributed by atoms with Crippen LogP contribution in [0.25, 0.3) is 0 Å². The van der Waals surface area contributed by atoms with Crippen molar-refractivity contribution in [1.29, 1.82) is 0 Å². The number of benzene rings is 2. The van der Waals surface area contributed by atoms with Crippen LogP contribution in [0.4, 0.5) is 5.69 Å². The highest BCUT2D eigenvalue weighted by molar-refractivity contribution is 6.32. The van der Waals surface area contributed by atoms with Crippen LogP contribution in [0.1, 0.15) is 15.9 Å². The summed E-state index contributed by atoms with van der Waals surface area (Å²) in [5.41, 5.74) is 1.69. The summed E-state index contributed by atoms with van der Waals surface area (Å²) in [6, 6.07) is 8.31. The fourth-order valence-electron chi connectivity index (χ4n) is 2.34. The Labute approximate surface area is 151 Å². The van der Waals surface area contributed by atoms with Gasteiger partial charge in [-0.15, -0.1) is 0 Å². The number of hydrogen-bond acceptors (Lipinski definition) is 5. The highest BCUT2D eigenvalue weighted by atomic mass is 35.5. The highest BCUT2D eigenvalue weighted by Crippen LogP contribution is 2.36. The number of rotatable bonds is 7. The fraction of sp³-hybridized carbons (Fsp3) is 0.278. The van der Waals surface area contributed by atoms with E-state index in [1.54, 1.807) is 44.6 Å². The van der Waals surface area contributed by atoms with E-state index >= 15 is 0 Å². The molecule has 1 amide bonds. The number of amides is 1. The number of carbonyl (C=O) groups excluding carboxylic acids is 1. The monoisotopic (exact) mass is 365 g/mol. The molecule has 0 aromatic heterocycles. The van der Waals surface area contributed by atoms with Crippen molar-refractivity contribution in [2.75, 3.05) is 33.8 Å². The van der Waals surface area contributed by atoms with Gasteiger partial charge in [0.1, 0.15) is 17.2 Å². The molecule has 0 saturated heterocycles. The highest BCUT2D eigenvalue weighted by Gasteiger charge is 2.15. The average Bonchev–Trinajstić information content (AvgIpc) is 2.62. The Bertz CT molecular complexity index is 763. The molecule has 0 spiro atoms. The number of methoxy groups -OCH3 is 4. The van der Waals surface area contributed by atoms with E-state index in [0.717, 1.165) is 5.56 Å². The van der Waals surface area contributed by atoms with Crippen molar-refractivity contribution in [2.24, 2.45) is 0 Å². The van der Waals surface area contributed by atoms with Gasteiger partial charge in [0.25, 0.3) is 5.91 Å². The van der Waals surface area contributed by atoms with Gasteiger partial charge >= 0.3 is 0 Å².